The molecule has 1 unspecified atom stereocenters. The lowest BCUT2D eigenvalue weighted by atomic mass is 9.90. The van der Waals surface area contributed by atoms with Crippen LogP contribution in [0.4, 0.5) is 0 Å². The topological polar surface area (TPSA) is 76.4 Å². The molecule has 0 aliphatic carbocycles. The number of hydrogen-bond acceptors (Lipinski definition) is 4. The minimum absolute atomic E-state index is 0.0131. The van der Waals surface area contributed by atoms with Crippen LogP contribution in [0.1, 0.15) is 20.8 Å². The SMILES string of the molecule is C=CCN(CCO)CC(=O)NC(C)(C#N)C(C)C. The van der Waals surface area contributed by atoms with Gasteiger partial charge in [-0.05, 0) is 12.8 Å². The van der Waals surface area contributed by atoms with Crippen LogP contribution in [0.3, 0.4) is 0 Å². The van der Waals surface area contributed by atoms with Gasteiger partial charge in [0, 0.05) is 13.1 Å². The van der Waals surface area contributed by atoms with Gasteiger partial charge in [0.2, 0.25) is 5.91 Å². The molecular formula is C13H23N3O2. The largest absolute Gasteiger partial charge is 0.395 e. The van der Waals surface area contributed by atoms with E-state index in [9.17, 15) is 4.79 Å². The molecule has 0 heterocycles. The number of aliphatic hydroxyl groups excluding tert-OH is 1. The third-order valence-corrected chi connectivity index (χ3v) is 2.96. The van der Waals surface area contributed by atoms with E-state index in [0.717, 1.165) is 0 Å². The molecule has 1 atom stereocenters. The highest BCUT2D eigenvalue weighted by atomic mass is 16.3. The Morgan fingerprint density at radius 1 is 1.67 bits per heavy atom. The molecule has 0 spiro atoms. The van der Waals surface area contributed by atoms with Crippen LogP contribution in [0.15, 0.2) is 12.7 Å². The average Bonchev–Trinajstić information content (AvgIpc) is 2.29. The number of aliphatic hydroxyl groups is 1. The lowest BCUT2D eigenvalue weighted by molar-refractivity contribution is -0.123. The molecule has 0 aromatic rings. The molecule has 0 aromatic carbocycles. The number of carbonyl (C=O) groups excluding carboxylic acids is 1. The molecule has 0 radical (unpaired) electrons. The standard InChI is InChI=1S/C13H23N3O2/c1-5-6-16(7-8-17)9-12(18)15-13(4,10-14)11(2)3/h5,11,17H,1,6-9H2,2-4H3,(H,15,18). The fraction of sp³-hybridized carbons (Fsp3) is 0.692. The summed E-state index contributed by atoms with van der Waals surface area (Å²) in [7, 11) is 0. The van der Waals surface area contributed by atoms with Gasteiger partial charge in [0.05, 0.1) is 19.2 Å². The van der Waals surface area contributed by atoms with E-state index in [-0.39, 0.29) is 25.0 Å². The molecule has 2 N–H and O–H groups in total. The van der Waals surface area contributed by atoms with Crippen molar-refractivity contribution in [3.8, 4) is 6.07 Å². The summed E-state index contributed by atoms with van der Waals surface area (Å²) in [6.45, 7) is 10.2. The number of hydrogen-bond donors (Lipinski definition) is 2. The lowest BCUT2D eigenvalue weighted by Gasteiger charge is -2.28. The van der Waals surface area contributed by atoms with Crippen molar-refractivity contribution in [2.45, 2.75) is 26.3 Å². The quantitative estimate of drug-likeness (QED) is 0.618. The van der Waals surface area contributed by atoms with E-state index in [4.69, 9.17) is 10.4 Å². The fourth-order valence-corrected chi connectivity index (χ4v) is 1.39. The maximum atomic E-state index is 11.9. The predicted octanol–water partition coefficient (Wildman–Crippen LogP) is 0.521. The van der Waals surface area contributed by atoms with Gasteiger partial charge in [0.25, 0.3) is 0 Å². The summed E-state index contributed by atoms with van der Waals surface area (Å²) in [6, 6.07) is 2.13. The lowest BCUT2D eigenvalue weighted by Crippen LogP contribution is -2.52. The van der Waals surface area contributed by atoms with E-state index >= 15 is 0 Å². The Hall–Kier alpha value is -1.38. The minimum Gasteiger partial charge on any atom is -0.395 e. The maximum Gasteiger partial charge on any atom is 0.235 e. The predicted molar refractivity (Wildman–Crippen MR) is 70.7 cm³/mol. The second-order valence-corrected chi connectivity index (χ2v) is 4.76. The first-order valence-corrected chi connectivity index (χ1v) is 6.06. The van der Waals surface area contributed by atoms with Gasteiger partial charge in [-0.1, -0.05) is 19.9 Å². The van der Waals surface area contributed by atoms with Crippen LogP contribution in [-0.4, -0.2) is 47.7 Å². The Bertz CT molecular complexity index is 323. The second kappa shape index (κ2) is 7.85. The molecule has 0 aliphatic heterocycles. The smallest absolute Gasteiger partial charge is 0.235 e. The summed E-state index contributed by atoms with van der Waals surface area (Å²) in [5, 5.41) is 20.7. The highest BCUT2D eigenvalue weighted by molar-refractivity contribution is 5.79. The van der Waals surface area contributed by atoms with Gasteiger partial charge in [0.15, 0.2) is 0 Å². The van der Waals surface area contributed by atoms with E-state index in [1.165, 1.54) is 0 Å². The highest BCUT2D eigenvalue weighted by Gasteiger charge is 2.30. The summed E-state index contributed by atoms with van der Waals surface area (Å²) in [5.74, 6) is -0.194. The van der Waals surface area contributed by atoms with Crippen molar-refractivity contribution in [1.82, 2.24) is 10.2 Å². The summed E-state index contributed by atoms with van der Waals surface area (Å²) < 4.78 is 0. The third-order valence-electron chi connectivity index (χ3n) is 2.96. The molecule has 18 heavy (non-hydrogen) atoms. The number of nitriles is 1. The monoisotopic (exact) mass is 253 g/mol. The van der Waals surface area contributed by atoms with E-state index in [1.807, 2.05) is 13.8 Å². The number of nitrogens with zero attached hydrogens (tertiary/aromatic N) is 2. The van der Waals surface area contributed by atoms with Crippen molar-refractivity contribution in [3.63, 3.8) is 0 Å². The van der Waals surface area contributed by atoms with Gasteiger partial charge in [-0.2, -0.15) is 5.26 Å². The summed E-state index contributed by atoms with van der Waals surface area (Å²) in [5.41, 5.74) is -0.865. The van der Waals surface area contributed by atoms with Gasteiger partial charge in [-0.25, -0.2) is 0 Å². The van der Waals surface area contributed by atoms with Crippen LogP contribution in [0.5, 0.6) is 0 Å². The number of carbonyl (C=O) groups is 1. The highest BCUT2D eigenvalue weighted by Crippen LogP contribution is 2.14. The Kier molecular flexibility index (Phi) is 7.25. The Labute approximate surface area is 109 Å². The molecule has 1 amide bonds. The molecule has 0 saturated heterocycles. The molecule has 0 fully saturated rings. The van der Waals surface area contributed by atoms with Crippen molar-refractivity contribution in [2.75, 3.05) is 26.2 Å². The Morgan fingerprint density at radius 2 is 2.28 bits per heavy atom. The molecule has 0 saturated carbocycles. The average molecular weight is 253 g/mol. The van der Waals surface area contributed by atoms with E-state index in [1.54, 1.807) is 17.9 Å². The van der Waals surface area contributed by atoms with Gasteiger partial charge in [-0.15, -0.1) is 6.58 Å². The van der Waals surface area contributed by atoms with Gasteiger partial charge in [-0.3, -0.25) is 9.69 Å². The van der Waals surface area contributed by atoms with Crippen LogP contribution in [-0.2, 0) is 4.79 Å². The molecule has 0 aromatic heterocycles. The zero-order chi connectivity index (χ0) is 14.2. The van der Waals surface area contributed by atoms with Crippen molar-refractivity contribution in [3.05, 3.63) is 12.7 Å². The van der Waals surface area contributed by atoms with Crippen molar-refractivity contribution < 1.29 is 9.90 Å². The van der Waals surface area contributed by atoms with E-state index < -0.39 is 5.54 Å². The minimum atomic E-state index is -0.865. The maximum absolute atomic E-state index is 11.9. The van der Waals surface area contributed by atoms with Crippen molar-refractivity contribution >= 4 is 5.91 Å². The summed E-state index contributed by atoms with van der Waals surface area (Å²) in [4.78, 5) is 13.6. The zero-order valence-electron chi connectivity index (χ0n) is 11.4. The van der Waals surface area contributed by atoms with E-state index in [0.29, 0.717) is 13.1 Å². The molecule has 102 valence electrons. The van der Waals surface area contributed by atoms with Crippen LogP contribution < -0.4 is 5.32 Å². The Balaban J connectivity index is 4.48. The third kappa shape index (κ3) is 5.30. The first kappa shape index (κ1) is 16.6. The second-order valence-electron chi connectivity index (χ2n) is 4.76. The van der Waals surface area contributed by atoms with Gasteiger partial charge >= 0.3 is 0 Å². The van der Waals surface area contributed by atoms with Crippen molar-refractivity contribution in [1.29, 1.82) is 5.26 Å². The summed E-state index contributed by atoms with van der Waals surface area (Å²) >= 11 is 0. The number of rotatable bonds is 8. The van der Waals surface area contributed by atoms with Gasteiger partial charge in [0.1, 0.15) is 5.54 Å². The molecule has 0 aliphatic rings. The van der Waals surface area contributed by atoms with Crippen molar-refractivity contribution in [2.24, 2.45) is 5.92 Å². The first-order chi connectivity index (χ1) is 8.39. The summed E-state index contributed by atoms with van der Waals surface area (Å²) in [6.07, 6.45) is 1.68. The van der Waals surface area contributed by atoms with Crippen LogP contribution >= 0.6 is 0 Å². The molecule has 5 heteroatoms. The van der Waals surface area contributed by atoms with E-state index in [2.05, 4.69) is 18.0 Å². The van der Waals surface area contributed by atoms with Crippen LogP contribution in [0.25, 0.3) is 0 Å². The normalized spacial score (nSPS) is 14.1. The molecule has 0 rings (SSSR count). The number of amides is 1. The van der Waals surface area contributed by atoms with Crippen LogP contribution in [0.2, 0.25) is 0 Å². The molecular weight excluding hydrogens is 230 g/mol. The molecule has 5 nitrogen and oxygen atoms in total. The fourth-order valence-electron chi connectivity index (χ4n) is 1.39. The molecule has 0 bridgehead atoms. The van der Waals surface area contributed by atoms with Crippen LogP contribution in [0, 0.1) is 17.2 Å². The number of nitrogens with one attached hydrogen (secondary N) is 1. The Morgan fingerprint density at radius 3 is 2.67 bits per heavy atom. The zero-order valence-corrected chi connectivity index (χ0v) is 11.4. The van der Waals surface area contributed by atoms with Gasteiger partial charge < -0.3 is 10.4 Å². The first-order valence-electron chi connectivity index (χ1n) is 6.06.